The van der Waals surface area contributed by atoms with Gasteiger partial charge in [0.25, 0.3) is 0 Å². The fourth-order valence-corrected chi connectivity index (χ4v) is 6.89. The molecule has 0 saturated heterocycles. The molecule has 5 unspecified atom stereocenters. The lowest BCUT2D eigenvalue weighted by molar-refractivity contribution is 0.0370. The maximum atomic E-state index is 9.35. The van der Waals surface area contributed by atoms with E-state index in [0.717, 1.165) is 57.3 Å². The first-order valence-corrected chi connectivity index (χ1v) is 26.1. The van der Waals surface area contributed by atoms with Crippen LogP contribution in [0, 0.1) is 55.7 Å². The normalized spacial score (nSPS) is 15.8. The highest BCUT2D eigenvalue weighted by molar-refractivity contribution is 4.92. The Morgan fingerprint density at radius 2 is 0.821 bits per heavy atom. The summed E-state index contributed by atoms with van der Waals surface area (Å²) in [6, 6.07) is 0. The van der Waals surface area contributed by atoms with E-state index in [9.17, 15) is 10.2 Å². The summed E-state index contributed by atoms with van der Waals surface area (Å²) in [4.78, 5) is 0. The second kappa shape index (κ2) is 40.2. The van der Waals surface area contributed by atoms with Crippen molar-refractivity contribution in [2.24, 2.45) is 55.7 Å². The van der Waals surface area contributed by atoms with E-state index < -0.39 is 5.60 Å². The number of rotatable bonds is 13. The van der Waals surface area contributed by atoms with Crippen LogP contribution in [-0.2, 0) is 0 Å². The molecule has 0 radical (unpaired) electrons. The highest BCUT2D eigenvalue weighted by atomic mass is 16.3. The molecule has 0 aromatic rings. The lowest BCUT2D eigenvalue weighted by atomic mass is 9.84. The van der Waals surface area contributed by atoms with Gasteiger partial charge in [-0.25, -0.2) is 0 Å². The minimum atomic E-state index is -0.516. The van der Waals surface area contributed by atoms with E-state index in [1.807, 2.05) is 41.5 Å². The Kier molecular flexibility index (Phi) is 50.1. The quantitative estimate of drug-likeness (QED) is 0.0905. The van der Waals surface area contributed by atoms with E-state index in [1.165, 1.54) is 19.3 Å². The topological polar surface area (TPSA) is 162 Å². The molecule has 1 fully saturated rings. The molecule has 0 aliphatic heterocycles. The third-order valence-electron chi connectivity index (χ3n) is 9.99. The Morgan fingerprint density at radius 3 is 0.866 bits per heavy atom. The van der Waals surface area contributed by atoms with Gasteiger partial charge in [-0.3, -0.25) is 0 Å². The minimum Gasteiger partial charge on any atom is -0.396 e. The van der Waals surface area contributed by atoms with E-state index in [4.69, 9.17) is 30.6 Å². The van der Waals surface area contributed by atoms with Crippen LogP contribution in [0.15, 0.2) is 0 Å². The number of hydrogen-bond donors (Lipinski definition) is 8. The van der Waals surface area contributed by atoms with E-state index in [2.05, 4.69) is 159 Å². The summed E-state index contributed by atoms with van der Waals surface area (Å²) in [5, 5.41) is 71.1. The van der Waals surface area contributed by atoms with Crippen LogP contribution in [0.25, 0.3) is 0 Å². The summed E-state index contributed by atoms with van der Waals surface area (Å²) >= 11 is 0. The van der Waals surface area contributed by atoms with Crippen LogP contribution in [0.1, 0.15) is 279 Å². The highest BCUT2D eigenvalue weighted by Gasteiger charge is 2.41. The Morgan fingerprint density at radius 1 is 0.478 bits per heavy atom. The van der Waals surface area contributed by atoms with Gasteiger partial charge in [-0.2, -0.15) is 0 Å². The highest BCUT2D eigenvalue weighted by Crippen LogP contribution is 2.49. The van der Waals surface area contributed by atoms with Gasteiger partial charge in [0, 0.05) is 19.8 Å². The molecule has 1 saturated carbocycles. The molecule has 1 aliphatic rings. The van der Waals surface area contributed by atoms with E-state index in [1.54, 1.807) is 0 Å². The van der Waals surface area contributed by atoms with Crippen LogP contribution in [0.5, 0.6) is 0 Å². The van der Waals surface area contributed by atoms with Crippen LogP contribution in [0.2, 0.25) is 0 Å². The van der Waals surface area contributed by atoms with Gasteiger partial charge in [-0.1, -0.05) is 174 Å². The Hall–Kier alpha value is -0.320. The van der Waals surface area contributed by atoms with Gasteiger partial charge in [0.1, 0.15) is 0 Å². The van der Waals surface area contributed by atoms with Gasteiger partial charge in [0.2, 0.25) is 0 Å². The molecule has 0 heterocycles. The molecule has 8 N–H and O–H groups in total. The molecule has 8 nitrogen and oxygen atoms in total. The molecular formula is C59H134O8. The lowest BCUT2D eigenvalue weighted by Gasteiger charge is -2.27. The molecule has 0 spiro atoms. The Labute approximate surface area is 423 Å². The molecule has 67 heavy (non-hydrogen) atoms. The zero-order valence-electron chi connectivity index (χ0n) is 50.5. The van der Waals surface area contributed by atoms with E-state index in [0.29, 0.717) is 47.9 Å². The first-order valence-electron chi connectivity index (χ1n) is 26.1. The minimum absolute atomic E-state index is 0. The van der Waals surface area contributed by atoms with Crippen LogP contribution < -0.4 is 0 Å². The predicted octanol–water partition coefficient (Wildman–Crippen LogP) is 15.3. The van der Waals surface area contributed by atoms with Crippen LogP contribution in [0.4, 0.5) is 0 Å². The molecule has 8 heteroatoms. The first-order chi connectivity index (χ1) is 28.9. The number of aliphatic hydroxyl groups excluding tert-OH is 7. The van der Waals surface area contributed by atoms with Crippen molar-refractivity contribution in [2.75, 3.05) is 19.8 Å². The SMILES string of the molecule is C.CC(C)(C)CC(C)(C)O.CC(C)(C)CCCO.CC(C)(C)CCO.CC(C)C(C)C(C)O.CC(C)CC1(CO)CC1.CC(O)CC(C)(C)C.CC(O)CC(C)(C)C.CCC(O)CC(C)(C)C. The molecule has 0 aromatic carbocycles. The average Bonchev–Trinajstić information content (AvgIpc) is 3.78. The van der Waals surface area contributed by atoms with Crippen molar-refractivity contribution < 1.29 is 40.9 Å². The van der Waals surface area contributed by atoms with Crippen molar-refractivity contribution in [3.8, 4) is 0 Å². The van der Waals surface area contributed by atoms with Gasteiger partial charge < -0.3 is 40.9 Å². The third kappa shape index (κ3) is 96.0. The number of hydrogen-bond acceptors (Lipinski definition) is 8. The molecule has 5 atom stereocenters. The molecule has 1 aliphatic carbocycles. The summed E-state index contributed by atoms with van der Waals surface area (Å²) < 4.78 is 0. The Bertz CT molecular complexity index is 971. The summed E-state index contributed by atoms with van der Waals surface area (Å²) in [6.07, 6.45) is 10.5. The maximum Gasteiger partial charge on any atom is 0.0596 e. The fraction of sp³-hybridized carbons (Fsp3) is 1.00. The largest absolute Gasteiger partial charge is 0.396 e. The summed E-state index contributed by atoms with van der Waals surface area (Å²) in [5.74, 6) is 1.77. The summed E-state index contributed by atoms with van der Waals surface area (Å²) in [6.45, 7) is 61.4. The van der Waals surface area contributed by atoms with Crippen molar-refractivity contribution in [3.05, 3.63) is 0 Å². The number of aliphatic hydroxyl groups is 8. The molecule has 0 amide bonds. The molecule has 418 valence electrons. The third-order valence-corrected chi connectivity index (χ3v) is 9.99. The average molecular weight is 972 g/mol. The first kappa shape index (κ1) is 83.5. The van der Waals surface area contributed by atoms with Gasteiger partial charge in [-0.15, -0.1) is 0 Å². The van der Waals surface area contributed by atoms with Crippen molar-refractivity contribution in [2.45, 2.75) is 309 Å². The summed E-state index contributed by atoms with van der Waals surface area (Å²) in [7, 11) is 0. The van der Waals surface area contributed by atoms with Crippen LogP contribution in [-0.4, -0.2) is 90.7 Å². The summed E-state index contributed by atoms with van der Waals surface area (Å²) in [5.41, 5.74) is 1.60. The van der Waals surface area contributed by atoms with Gasteiger partial charge in [0.15, 0.2) is 0 Å². The van der Waals surface area contributed by atoms with Gasteiger partial charge in [0.05, 0.1) is 30.0 Å². The fourth-order valence-electron chi connectivity index (χ4n) is 6.89. The van der Waals surface area contributed by atoms with Crippen molar-refractivity contribution in [1.82, 2.24) is 0 Å². The van der Waals surface area contributed by atoms with E-state index in [-0.39, 0.29) is 53.5 Å². The van der Waals surface area contributed by atoms with Gasteiger partial charge in [-0.05, 0) is 161 Å². The standard InChI is InChI=1S/C8H16O.2C8H18O.4C7H16O.C6H14O.CH4/c1-7(2)5-8(6-9)3-4-8;1-7(2,3)6-8(4,5)9;1-5-7(9)6-8(2,3)4;2*1-6(8)5-7(2,3)4;1-7(2,3)5-4-6-8;1-5(2)6(3)7(4)8;1-6(2,3)4-5-7;/h7,9H,3-6H2,1-2H3;9H,6H2,1-5H3;7,9H,5-6H2,1-4H3;2*6,8H,5H2,1-4H3;8H,4-6H2,1-3H3;5-8H,1-4H3;7H,4-5H2,1-3H3;1H4. The van der Waals surface area contributed by atoms with Crippen LogP contribution in [0.3, 0.4) is 0 Å². The van der Waals surface area contributed by atoms with Crippen LogP contribution >= 0.6 is 0 Å². The lowest BCUT2D eigenvalue weighted by Crippen LogP contribution is -2.25. The van der Waals surface area contributed by atoms with Crippen molar-refractivity contribution in [3.63, 3.8) is 0 Å². The second-order valence-corrected chi connectivity index (χ2v) is 28.6. The molecule has 0 aromatic heterocycles. The van der Waals surface area contributed by atoms with Crippen molar-refractivity contribution in [1.29, 1.82) is 0 Å². The molecular weight excluding hydrogens is 837 g/mol. The zero-order valence-corrected chi connectivity index (χ0v) is 50.5. The zero-order chi connectivity index (χ0) is 54.9. The van der Waals surface area contributed by atoms with Crippen molar-refractivity contribution >= 4 is 0 Å². The Balaban J connectivity index is -0.0000000989. The predicted molar refractivity (Wildman–Crippen MR) is 300 cm³/mol. The maximum absolute atomic E-state index is 9.35. The smallest absolute Gasteiger partial charge is 0.0596 e. The molecule has 1 rings (SSSR count). The second-order valence-electron chi connectivity index (χ2n) is 28.6. The van der Waals surface area contributed by atoms with Gasteiger partial charge >= 0.3 is 0 Å². The van der Waals surface area contributed by atoms with E-state index >= 15 is 0 Å². The monoisotopic (exact) mass is 971 g/mol. The molecule has 0 bridgehead atoms.